The van der Waals surface area contributed by atoms with Gasteiger partial charge in [-0.3, -0.25) is 4.79 Å². The molecule has 1 aromatic heterocycles. The number of aryl methyl sites for hydroxylation is 3. The minimum Gasteiger partial charge on any atom is -0.348 e. The predicted molar refractivity (Wildman–Crippen MR) is 88.5 cm³/mol. The first-order valence-electron chi connectivity index (χ1n) is 7.07. The molecule has 2 aromatic rings. The van der Waals surface area contributed by atoms with E-state index in [1.807, 2.05) is 13.8 Å². The van der Waals surface area contributed by atoms with Crippen LogP contribution in [-0.2, 0) is 0 Å². The fourth-order valence-electron chi connectivity index (χ4n) is 2.27. The van der Waals surface area contributed by atoms with E-state index in [1.165, 1.54) is 18.0 Å². The summed E-state index contributed by atoms with van der Waals surface area (Å²) in [4.78, 5) is 20.2. The van der Waals surface area contributed by atoms with E-state index in [0.717, 1.165) is 16.8 Å². The average Bonchev–Trinajstić information content (AvgIpc) is 2.49. The Morgan fingerprint density at radius 1 is 1.18 bits per heavy atom. The molecule has 0 fully saturated rings. The molecule has 22 heavy (non-hydrogen) atoms. The number of rotatable bonds is 5. The van der Waals surface area contributed by atoms with Crippen LogP contribution in [0, 0.1) is 20.8 Å². The van der Waals surface area contributed by atoms with Crippen LogP contribution in [0.5, 0.6) is 0 Å². The fourth-order valence-corrected chi connectivity index (χ4v) is 2.27. The molecule has 5 nitrogen and oxygen atoms in total. The largest absolute Gasteiger partial charge is 0.348 e. The highest BCUT2D eigenvalue weighted by atomic mass is 16.1. The zero-order chi connectivity index (χ0) is 16.1. The van der Waals surface area contributed by atoms with Crippen LogP contribution in [0.4, 0.5) is 11.6 Å². The molecule has 0 unspecified atom stereocenters. The number of amides is 1. The Balaban J connectivity index is 2.15. The van der Waals surface area contributed by atoms with Gasteiger partial charge in [-0.25, -0.2) is 9.97 Å². The molecule has 1 aromatic carbocycles. The van der Waals surface area contributed by atoms with Gasteiger partial charge >= 0.3 is 0 Å². The summed E-state index contributed by atoms with van der Waals surface area (Å²) in [6.45, 7) is 10.1. The second-order valence-corrected chi connectivity index (χ2v) is 5.19. The van der Waals surface area contributed by atoms with Gasteiger partial charge in [-0.05, 0) is 31.9 Å². The van der Waals surface area contributed by atoms with Crippen LogP contribution in [0.15, 0.2) is 37.2 Å². The SMILES string of the molecule is C=CCNC(=O)c1cnc(Nc2c(C)cc(C)cc2C)nc1. The van der Waals surface area contributed by atoms with Crippen LogP contribution in [0.25, 0.3) is 0 Å². The van der Waals surface area contributed by atoms with Crippen molar-refractivity contribution in [2.45, 2.75) is 20.8 Å². The van der Waals surface area contributed by atoms with Crippen molar-refractivity contribution in [1.82, 2.24) is 15.3 Å². The van der Waals surface area contributed by atoms with Crippen LogP contribution in [-0.4, -0.2) is 22.4 Å². The maximum atomic E-state index is 11.8. The van der Waals surface area contributed by atoms with Crippen molar-refractivity contribution < 1.29 is 4.79 Å². The van der Waals surface area contributed by atoms with Crippen molar-refractivity contribution in [3.8, 4) is 0 Å². The van der Waals surface area contributed by atoms with Gasteiger partial charge in [0, 0.05) is 24.6 Å². The van der Waals surface area contributed by atoms with E-state index in [9.17, 15) is 4.79 Å². The molecule has 1 heterocycles. The molecule has 0 aliphatic carbocycles. The summed E-state index contributed by atoms with van der Waals surface area (Å²) in [5.41, 5.74) is 4.90. The number of aromatic nitrogens is 2. The third-order valence-corrected chi connectivity index (χ3v) is 3.23. The number of anilines is 2. The molecule has 0 radical (unpaired) electrons. The summed E-state index contributed by atoms with van der Waals surface area (Å²) in [5.74, 6) is 0.254. The Morgan fingerprint density at radius 2 is 1.77 bits per heavy atom. The van der Waals surface area contributed by atoms with E-state index in [0.29, 0.717) is 18.1 Å². The third-order valence-electron chi connectivity index (χ3n) is 3.23. The molecule has 0 saturated carbocycles. The lowest BCUT2D eigenvalue weighted by atomic mass is 10.1. The number of benzene rings is 1. The predicted octanol–water partition coefficient (Wildman–Crippen LogP) is 3.06. The van der Waals surface area contributed by atoms with Gasteiger partial charge < -0.3 is 10.6 Å². The Morgan fingerprint density at radius 3 is 2.32 bits per heavy atom. The molecular weight excluding hydrogens is 276 g/mol. The van der Waals surface area contributed by atoms with Crippen molar-refractivity contribution in [1.29, 1.82) is 0 Å². The lowest BCUT2D eigenvalue weighted by molar-refractivity contribution is 0.0957. The lowest BCUT2D eigenvalue weighted by Gasteiger charge is -2.12. The Bertz CT molecular complexity index is 669. The molecule has 114 valence electrons. The monoisotopic (exact) mass is 296 g/mol. The third kappa shape index (κ3) is 3.69. The number of nitrogens with zero attached hydrogens (tertiary/aromatic N) is 2. The van der Waals surface area contributed by atoms with E-state index in [4.69, 9.17) is 0 Å². The van der Waals surface area contributed by atoms with Gasteiger partial charge in [0.1, 0.15) is 0 Å². The van der Waals surface area contributed by atoms with Gasteiger partial charge in [-0.15, -0.1) is 6.58 Å². The van der Waals surface area contributed by atoms with Crippen LogP contribution in [0.3, 0.4) is 0 Å². The highest BCUT2D eigenvalue weighted by Gasteiger charge is 2.08. The molecule has 0 bridgehead atoms. The molecule has 0 spiro atoms. The zero-order valence-electron chi connectivity index (χ0n) is 13.1. The van der Waals surface area contributed by atoms with Gasteiger partial charge in [0.25, 0.3) is 5.91 Å². The van der Waals surface area contributed by atoms with Crippen molar-refractivity contribution in [3.05, 3.63) is 59.4 Å². The van der Waals surface area contributed by atoms with Crippen molar-refractivity contribution in [2.75, 3.05) is 11.9 Å². The second-order valence-electron chi connectivity index (χ2n) is 5.19. The van der Waals surface area contributed by atoms with Crippen LogP contribution >= 0.6 is 0 Å². The maximum absolute atomic E-state index is 11.8. The van der Waals surface area contributed by atoms with E-state index < -0.39 is 0 Å². The summed E-state index contributed by atoms with van der Waals surface area (Å²) >= 11 is 0. The number of hydrogen-bond acceptors (Lipinski definition) is 4. The average molecular weight is 296 g/mol. The van der Waals surface area contributed by atoms with Crippen molar-refractivity contribution in [2.24, 2.45) is 0 Å². The zero-order valence-corrected chi connectivity index (χ0v) is 13.1. The molecule has 0 aliphatic heterocycles. The van der Waals surface area contributed by atoms with Gasteiger partial charge in [-0.1, -0.05) is 23.8 Å². The highest BCUT2D eigenvalue weighted by molar-refractivity contribution is 5.93. The van der Waals surface area contributed by atoms with Crippen molar-refractivity contribution in [3.63, 3.8) is 0 Å². The normalized spacial score (nSPS) is 10.1. The molecule has 2 N–H and O–H groups in total. The molecule has 0 aliphatic rings. The van der Waals surface area contributed by atoms with Crippen LogP contribution in [0.2, 0.25) is 0 Å². The minimum atomic E-state index is -0.214. The molecule has 1 amide bonds. The topological polar surface area (TPSA) is 66.9 Å². The van der Waals surface area contributed by atoms with Crippen LogP contribution < -0.4 is 10.6 Å². The Kier molecular flexibility index (Phi) is 4.88. The first-order valence-corrected chi connectivity index (χ1v) is 7.07. The number of nitrogens with one attached hydrogen (secondary N) is 2. The summed E-state index contributed by atoms with van der Waals surface area (Å²) in [6.07, 6.45) is 4.64. The summed E-state index contributed by atoms with van der Waals surface area (Å²) < 4.78 is 0. The van der Waals surface area contributed by atoms with E-state index >= 15 is 0 Å². The molecule has 0 atom stereocenters. The van der Waals surface area contributed by atoms with Crippen molar-refractivity contribution >= 4 is 17.5 Å². The number of carbonyl (C=O) groups excluding carboxylic acids is 1. The first kappa shape index (κ1) is 15.7. The molecular formula is C17H20N4O. The van der Waals surface area contributed by atoms with Gasteiger partial charge in [0.05, 0.1) is 5.56 Å². The fraction of sp³-hybridized carbons (Fsp3) is 0.235. The quantitative estimate of drug-likeness (QED) is 0.832. The van der Waals surface area contributed by atoms with E-state index in [2.05, 4.69) is 46.2 Å². The number of carbonyl (C=O) groups is 1. The van der Waals surface area contributed by atoms with Gasteiger partial charge in [-0.2, -0.15) is 0 Å². The van der Waals surface area contributed by atoms with Gasteiger partial charge in [0.2, 0.25) is 5.95 Å². The smallest absolute Gasteiger partial charge is 0.254 e. The molecule has 0 saturated heterocycles. The highest BCUT2D eigenvalue weighted by Crippen LogP contribution is 2.24. The Labute approximate surface area is 130 Å². The minimum absolute atomic E-state index is 0.214. The second kappa shape index (κ2) is 6.85. The lowest BCUT2D eigenvalue weighted by Crippen LogP contribution is -2.23. The summed E-state index contributed by atoms with van der Waals surface area (Å²) in [6, 6.07) is 4.21. The maximum Gasteiger partial charge on any atom is 0.254 e. The molecule has 5 heteroatoms. The van der Waals surface area contributed by atoms with E-state index in [1.54, 1.807) is 6.08 Å². The van der Waals surface area contributed by atoms with E-state index in [-0.39, 0.29) is 5.91 Å². The number of hydrogen-bond donors (Lipinski definition) is 2. The standard InChI is InChI=1S/C17H20N4O/c1-5-6-18-16(22)14-9-19-17(20-10-14)21-15-12(3)7-11(2)8-13(15)4/h5,7-10H,1,6H2,2-4H3,(H,18,22)(H,19,20,21). The molecule has 2 rings (SSSR count). The van der Waals surface area contributed by atoms with Crippen LogP contribution in [0.1, 0.15) is 27.0 Å². The van der Waals surface area contributed by atoms with Gasteiger partial charge in [0.15, 0.2) is 0 Å². The first-order chi connectivity index (χ1) is 10.5. The Hall–Kier alpha value is -2.69. The summed E-state index contributed by atoms with van der Waals surface area (Å²) in [7, 11) is 0. The summed E-state index contributed by atoms with van der Waals surface area (Å²) in [5, 5.41) is 5.89.